The van der Waals surface area contributed by atoms with Crippen LogP contribution in [0.15, 0.2) is 42.5 Å². The summed E-state index contributed by atoms with van der Waals surface area (Å²) < 4.78 is 1.01. The molecule has 1 amide bonds. The van der Waals surface area contributed by atoms with Gasteiger partial charge in [-0.3, -0.25) is 20.2 Å². The van der Waals surface area contributed by atoms with Crippen LogP contribution in [0.1, 0.15) is 16.7 Å². The van der Waals surface area contributed by atoms with Crippen LogP contribution in [0.2, 0.25) is 0 Å². The summed E-state index contributed by atoms with van der Waals surface area (Å²) in [7, 11) is 0. The van der Waals surface area contributed by atoms with E-state index in [0.717, 1.165) is 21.3 Å². The Morgan fingerprint density at radius 3 is 2.84 bits per heavy atom. The van der Waals surface area contributed by atoms with E-state index in [0.29, 0.717) is 10.7 Å². The minimum Gasteiger partial charge on any atom is -0.298 e. The number of thiazole rings is 1. The topological polar surface area (TPSA) is 85.1 Å². The zero-order valence-corrected chi connectivity index (χ0v) is 14.5. The van der Waals surface area contributed by atoms with Crippen molar-refractivity contribution in [2.45, 2.75) is 13.8 Å². The number of nitro groups is 1. The molecule has 3 rings (SSSR count). The van der Waals surface area contributed by atoms with E-state index in [1.54, 1.807) is 12.1 Å². The first kappa shape index (κ1) is 16.8. The molecule has 0 atom stereocenters. The maximum atomic E-state index is 12.1. The van der Waals surface area contributed by atoms with Crippen LogP contribution in [0.3, 0.4) is 0 Å². The summed E-state index contributed by atoms with van der Waals surface area (Å²) in [6.07, 6.45) is 2.87. The molecule has 0 saturated heterocycles. The Morgan fingerprint density at radius 2 is 2.08 bits per heavy atom. The van der Waals surface area contributed by atoms with Gasteiger partial charge in [0.15, 0.2) is 5.13 Å². The molecule has 0 bridgehead atoms. The number of anilines is 1. The van der Waals surface area contributed by atoms with Crippen LogP contribution in [-0.2, 0) is 4.79 Å². The van der Waals surface area contributed by atoms with Crippen LogP contribution >= 0.6 is 11.3 Å². The molecule has 1 heterocycles. The summed E-state index contributed by atoms with van der Waals surface area (Å²) in [4.78, 5) is 26.8. The van der Waals surface area contributed by atoms with Crippen molar-refractivity contribution in [3.05, 3.63) is 69.3 Å². The summed E-state index contributed by atoms with van der Waals surface area (Å²) in [6, 6.07) is 10.1. The quantitative estimate of drug-likeness (QED) is 0.426. The number of rotatable bonds is 4. The zero-order chi connectivity index (χ0) is 18.0. The lowest BCUT2D eigenvalue weighted by Gasteiger charge is -1.98. The molecular weight excluding hydrogens is 338 g/mol. The molecule has 6 nitrogen and oxygen atoms in total. The summed E-state index contributed by atoms with van der Waals surface area (Å²) in [5.74, 6) is -0.333. The smallest absolute Gasteiger partial charge is 0.270 e. The molecule has 3 aromatic rings. The fourth-order valence-corrected chi connectivity index (χ4v) is 3.27. The van der Waals surface area contributed by atoms with E-state index in [1.807, 2.05) is 26.0 Å². The molecule has 0 aliphatic heterocycles. The summed E-state index contributed by atoms with van der Waals surface area (Å²) in [5, 5.41) is 14.0. The van der Waals surface area contributed by atoms with Gasteiger partial charge in [0.25, 0.3) is 5.69 Å². The normalized spacial score (nSPS) is 11.1. The minimum absolute atomic E-state index is 0.0143. The monoisotopic (exact) mass is 353 g/mol. The predicted octanol–water partition coefficient (Wildman–Crippen LogP) is 4.47. The average molecular weight is 353 g/mol. The van der Waals surface area contributed by atoms with Crippen molar-refractivity contribution in [1.29, 1.82) is 0 Å². The first-order valence-corrected chi connectivity index (χ1v) is 8.36. The Hall–Kier alpha value is -3.06. The number of nitro benzene ring substituents is 1. The first-order chi connectivity index (χ1) is 11.9. The van der Waals surface area contributed by atoms with Crippen molar-refractivity contribution >= 4 is 44.4 Å². The highest BCUT2D eigenvalue weighted by Crippen LogP contribution is 2.29. The number of carbonyl (C=O) groups is 1. The number of nitrogens with zero attached hydrogens (tertiary/aromatic N) is 2. The fraction of sp³-hybridized carbons (Fsp3) is 0.111. The molecule has 126 valence electrons. The van der Waals surface area contributed by atoms with Gasteiger partial charge >= 0.3 is 0 Å². The predicted molar refractivity (Wildman–Crippen MR) is 99.9 cm³/mol. The van der Waals surface area contributed by atoms with Crippen LogP contribution in [0.4, 0.5) is 10.8 Å². The third kappa shape index (κ3) is 3.72. The standard InChI is InChI=1S/C18H15N3O3S/c1-11-6-8-15-17(12(11)2)20-18(25-15)19-16(22)9-7-13-4-3-5-14(10-13)21(23)24/h3-10H,1-2H3,(H,19,20,22)/b9-7+. The summed E-state index contributed by atoms with van der Waals surface area (Å²) >= 11 is 1.41. The van der Waals surface area contributed by atoms with Gasteiger partial charge in [0, 0.05) is 18.2 Å². The largest absolute Gasteiger partial charge is 0.298 e. The highest BCUT2D eigenvalue weighted by molar-refractivity contribution is 7.22. The van der Waals surface area contributed by atoms with E-state index in [1.165, 1.54) is 35.6 Å². The second kappa shape index (κ2) is 6.82. The zero-order valence-electron chi connectivity index (χ0n) is 13.6. The van der Waals surface area contributed by atoms with Gasteiger partial charge in [0.1, 0.15) is 0 Å². The Kier molecular flexibility index (Phi) is 4.58. The van der Waals surface area contributed by atoms with Gasteiger partial charge in [-0.05, 0) is 42.7 Å². The third-order valence-corrected chi connectivity index (χ3v) is 4.76. The van der Waals surface area contributed by atoms with E-state index in [2.05, 4.69) is 10.3 Å². The van der Waals surface area contributed by atoms with Crippen LogP contribution in [0.5, 0.6) is 0 Å². The maximum absolute atomic E-state index is 12.1. The van der Waals surface area contributed by atoms with Gasteiger partial charge in [-0.2, -0.15) is 0 Å². The molecule has 0 radical (unpaired) electrons. The second-order valence-electron chi connectivity index (χ2n) is 5.55. The lowest BCUT2D eigenvalue weighted by Crippen LogP contribution is -2.07. The van der Waals surface area contributed by atoms with Gasteiger partial charge < -0.3 is 0 Å². The molecule has 0 aliphatic rings. The van der Waals surface area contributed by atoms with Crippen molar-refractivity contribution in [1.82, 2.24) is 4.98 Å². The van der Waals surface area contributed by atoms with Crippen molar-refractivity contribution in [3.8, 4) is 0 Å². The number of nitrogens with one attached hydrogen (secondary N) is 1. The highest BCUT2D eigenvalue weighted by atomic mass is 32.1. The number of hydrogen-bond acceptors (Lipinski definition) is 5. The van der Waals surface area contributed by atoms with Crippen LogP contribution in [0.25, 0.3) is 16.3 Å². The summed E-state index contributed by atoms with van der Waals surface area (Å²) in [6.45, 7) is 4.03. The molecule has 0 saturated carbocycles. The lowest BCUT2D eigenvalue weighted by molar-refractivity contribution is -0.384. The van der Waals surface area contributed by atoms with Crippen LogP contribution in [0, 0.1) is 24.0 Å². The highest BCUT2D eigenvalue weighted by Gasteiger charge is 2.09. The number of aromatic nitrogens is 1. The SMILES string of the molecule is Cc1ccc2sc(NC(=O)/C=C/c3cccc([N+](=O)[O-])c3)nc2c1C. The van der Waals surface area contributed by atoms with Gasteiger partial charge in [0.05, 0.1) is 15.1 Å². The van der Waals surface area contributed by atoms with E-state index in [9.17, 15) is 14.9 Å². The number of hydrogen-bond donors (Lipinski definition) is 1. The van der Waals surface area contributed by atoms with E-state index in [-0.39, 0.29) is 11.6 Å². The Labute approximate surface area is 148 Å². The Balaban J connectivity index is 1.75. The second-order valence-corrected chi connectivity index (χ2v) is 6.58. The number of carbonyl (C=O) groups excluding carboxylic acids is 1. The summed E-state index contributed by atoms with van der Waals surface area (Å²) in [5.41, 5.74) is 3.71. The fourth-order valence-electron chi connectivity index (χ4n) is 2.34. The van der Waals surface area contributed by atoms with E-state index >= 15 is 0 Å². The molecule has 7 heteroatoms. The van der Waals surface area contributed by atoms with Gasteiger partial charge in [0.2, 0.25) is 5.91 Å². The van der Waals surface area contributed by atoms with Gasteiger partial charge in [-0.25, -0.2) is 4.98 Å². The van der Waals surface area contributed by atoms with Gasteiger partial charge in [-0.1, -0.05) is 29.5 Å². The molecule has 2 aromatic carbocycles. The number of amides is 1. The molecule has 0 aliphatic carbocycles. The molecule has 0 spiro atoms. The van der Waals surface area contributed by atoms with E-state index in [4.69, 9.17) is 0 Å². The molecule has 0 fully saturated rings. The number of aryl methyl sites for hydroxylation is 2. The molecule has 1 aromatic heterocycles. The van der Waals surface area contributed by atoms with Crippen LogP contribution < -0.4 is 5.32 Å². The molecule has 25 heavy (non-hydrogen) atoms. The number of fused-ring (bicyclic) bond motifs is 1. The van der Waals surface area contributed by atoms with Gasteiger partial charge in [-0.15, -0.1) is 0 Å². The van der Waals surface area contributed by atoms with Crippen LogP contribution in [-0.4, -0.2) is 15.8 Å². The average Bonchev–Trinajstić information content (AvgIpc) is 3.00. The van der Waals surface area contributed by atoms with Crippen molar-refractivity contribution in [2.75, 3.05) is 5.32 Å². The van der Waals surface area contributed by atoms with Crippen molar-refractivity contribution in [2.24, 2.45) is 0 Å². The molecule has 1 N–H and O–H groups in total. The Bertz CT molecular complexity index is 1010. The van der Waals surface area contributed by atoms with Crippen molar-refractivity contribution in [3.63, 3.8) is 0 Å². The lowest BCUT2D eigenvalue weighted by atomic mass is 10.1. The third-order valence-electron chi connectivity index (χ3n) is 3.82. The number of non-ortho nitro benzene ring substituents is 1. The Morgan fingerprint density at radius 1 is 1.28 bits per heavy atom. The maximum Gasteiger partial charge on any atom is 0.270 e. The number of benzene rings is 2. The first-order valence-electron chi connectivity index (χ1n) is 7.54. The van der Waals surface area contributed by atoms with E-state index < -0.39 is 4.92 Å². The minimum atomic E-state index is -0.469. The molecular formula is C18H15N3O3S. The molecule has 0 unspecified atom stereocenters. The van der Waals surface area contributed by atoms with Crippen molar-refractivity contribution < 1.29 is 9.72 Å².